The number of hydrogen-bond donors (Lipinski definition) is 0. The van der Waals surface area contributed by atoms with Crippen LogP contribution >= 0.6 is 27.5 Å². The van der Waals surface area contributed by atoms with Gasteiger partial charge in [-0.05, 0) is 24.3 Å². The van der Waals surface area contributed by atoms with Gasteiger partial charge in [0.25, 0.3) is 0 Å². The van der Waals surface area contributed by atoms with E-state index in [1.165, 1.54) is 0 Å². The van der Waals surface area contributed by atoms with E-state index in [1.54, 1.807) is 0 Å². The lowest BCUT2D eigenvalue weighted by Gasteiger charge is -2.07. The molecular weight excluding hydrogens is 287 g/mol. The SMILES string of the molecule is Clc1cc(Br)ccc1COc1ccccc1. The maximum atomic E-state index is 6.09. The van der Waals surface area contributed by atoms with Crippen LogP contribution in [0.3, 0.4) is 0 Å². The van der Waals surface area contributed by atoms with Crippen molar-refractivity contribution in [2.24, 2.45) is 0 Å². The van der Waals surface area contributed by atoms with Crippen LogP contribution in [-0.2, 0) is 6.61 Å². The minimum absolute atomic E-state index is 0.482. The van der Waals surface area contributed by atoms with Gasteiger partial charge in [0.15, 0.2) is 0 Å². The Labute approximate surface area is 108 Å². The van der Waals surface area contributed by atoms with Gasteiger partial charge in [0.1, 0.15) is 12.4 Å². The minimum atomic E-state index is 0.482. The molecular formula is C13H10BrClO. The molecule has 0 saturated heterocycles. The van der Waals surface area contributed by atoms with Gasteiger partial charge in [-0.1, -0.05) is 51.8 Å². The highest BCUT2D eigenvalue weighted by Gasteiger charge is 2.01. The second-order valence-corrected chi connectivity index (χ2v) is 4.66. The van der Waals surface area contributed by atoms with E-state index in [2.05, 4.69) is 15.9 Å². The number of ether oxygens (including phenoxy) is 1. The molecule has 0 saturated carbocycles. The van der Waals surface area contributed by atoms with Crippen LogP contribution in [0.5, 0.6) is 5.75 Å². The fourth-order valence-corrected chi connectivity index (χ4v) is 2.04. The summed E-state index contributed by atoms with van der Waals surface area (Å²) >= 11 is 9.45. The lowest BCUT2D eigenvalue weighted by Crippen LogP contribution is -1.95. The van der Waals surface area contributed by atoms with Crippen molar-refractivity contribution in [2.75, 3.05) is 0 Å². The van der Waals surface area contributed by atoms with Crippen LogP contribution in [-0.4, -0.2) is 0 Å². The Kier molecular flexibility index (Phi) is 3.86. The third-order valence-corrected chi connectivity index (χ3v) is 3.00. The van der Waals surface area contributed by atoms with Crippen LogP contribution in [0.4, 0.5) is 0 Å². The second-order valence-electron chi connectivity index (χ2n) is 3.34. The second kappa shape index (κ2) is 5.37. The zero-order chi connectivity index (χ0) is 11.4. The normalized spacial score (nSPS) is 10.1. The van der Waals surface area contributed by atoms with Crippen molar-refractivity contribution in [3.63, 3.8) is 0 Å². The van der Waals surface area contributed by atoms with Gasteiger partial charge in [0.05, 0.1) is 0 Å². The Morgan fingerprint density at radius 1 is 1.06 bits per heavy atom. The molecule has 0 fully saturated rings. The summed E-state index contributed by atoms with van der Waals surface area (Å²) in [5, 5.41) is 0.713. The summed E-state index contributed by atoms with van der Waals surface area (Å²) in [6.45, 7) is 0.482. The summed E-state index contributed by atoms with van der Waals surface area (Å²) in [6.07, 6.45) is 0. The molecule has 0 radical (unpaired) electrons. The summed E-state index contributed by atoms with van der Waals surface area (Å²) in [4.78, 5) is 0. The number of hydrogen-bond acceptors (Lipinski definition) is 1. The molecule has 2 rings (SSSR count). The summed E-state index contributed by atoms with van der Waals surface area (Å²) in [7, 11) is 0. The summed E-state index contributed by atoms with van der Waals surface area (Å²) in [6, 6.07) is 15.5. The molecule has 0 bridgehead atoms. The van der Waals surface area contributed by atoms with Crippen LogP contribution in [0.15, 0.2) is 53.0 Å². The van der Waals surface area contributed by atoms with E-state index in [0.717, 1.165) is 15.8 Å². The molecule has 2 aromatic carbocycles. The largest absolute Gasteiger partial charge is 0.489 e. The van der Waals surface area contributed by atoms with E-state index >= 15 is 0 Å². The monoisotopic (exact) mass is 296 g/mol. The van der Waals surface area contributed by atoms with Crippen molar-refractivity contribution in [3.05, 3.63) is 63.6 Å². The Balaban J connectivity index is 2.05. The molecule has 0 atom stereocenters. The van der Waals surface area contributed by atoms with Gasteiger partial charge in [-0.15, -0.1) is 0 Å². The van der Waals surface area contributed by atoms with Gasteiger partial charge in [0, 0.05) is 15.1 Å². The number of rotatable bonds is 3. The van der Waals surface area contributed by atoms with Crippen LogP contribution < -0.4 is 4.74 Å². The molecule has 0 N–H and O–H groups in total. The lowest BCUT2D eigenvalue weighted by atomic mass is 10.2. The highest BCUT2D eigenvalue weighted by molar-refractivity contribution is 9.10. The van der Waals surface area contributed by atoms with E-state index < -0.39 is 0 Å². The van der Waals surface area contributed by atoms with Gasteiger partial charge in [-0.2, -0.15) is 0 Å². The molecule has 0 spiro atoms. The molecule has 0 amide bonds. The molecule has 0 heterocycles. The quantitative estimate of drug-likeness (QED) is 0.799. The molecule has 0 aliphatic heterocycles. The molecule has 16 heavy (non-hydrogen) atoms. The van der Waals surface area contributed by atoms with Crippen LogP contribution in [0.1, 0.15) is 5.56 Å². The molecule has 0 aliphatic carbocycles. The highest BCUT2D eigenvalue weighted by Crippen LogP contribution is 2.22. The Morgan fingerprint density at radius 3 is 2.50 bits per heavy atom. The maximum absolute atomic E-state index is 6.09. The number of benzene rings is 2. The van der Waals surface area contributed by atoms with Gasteiger partial charge in [-0.25, -0.2) is 0 Å². The maximum Gasteiger partial charge on any atom is 0.119 e. The van der Waals surface area contributed by atoms with E-state index in [9.17, 15) is 0 Å². The van der Waals surface area contributed by atoms with E-state index in [-0.39, 0.29) is 0 Å². The third-order valence-electron chi connectivity index (χ3n) is 2.15. The van der Waals surface area contributed by atoms with Crippen LogP contribution in [0.25, 0.3) is 0 Å². The highest BCUT2D eigenvalue weighted by atomic mass is 79.9. The molecule has 0 unspecified atom stereocenters. The van der Waals surface area contributed by atoms with Crippen molar-refractivity contribution in [1.29, 1.82) is 0 Å². The molecule has 0 aliphatic rings. The standard InChI is InChI=1S/C13H10BrClO/c14-11-7-6-10(13(15)8-11)9-16-12-4-2-1-3-5-12/h1-8H,9H2. The first-order valence-corrected chi connectivity index (χ1v) is 6.04. The predicted octanol–water partition coefficient (Wildman–Crippen LogP) is 4.68. The average molecular weight is 298 g/mol. The first-order valence-electron chi connectivity index (χ1n) is 4.87. The van der Waals surface area contributed by atoms with Crippen molar-refractivity contribution < 1.29 is 4.74 Å². The fraction of sp³-hybridized carbons (Fsp3) is 0.0769. The first-order chi connectivity index (χ1) is 7.75. The van der Waals surface area contributed by atoms with Crippen LogP contribution in [0, 0.1) is 0 Å². The van der Waals surface area contributed by atoms with Gasteiger partial charge >= 0.3 is 0 Å². The van der Waals surface area contributed by atoms with E-state index in [1.807, 2.05) is 48.5 Å². The predicted molar refractivity (Wildman–Crippen MR) is 69.9 cm³/mol. The van der Waals surface area contributed by atoms with Gasteiger partial charge in [0.2, 0.25) is 0 Å². The average Bonchev–Trinajstić information content (AvgIpc) is 2.29. The van der Waals surface area contributed by atoms with Crippen molar-refractivity contribution in [2.45, 2.75) is 6.61 Å². The smallest absolute Gasteiger partial charge is 0.119 e. The Bertz CT molecular complexity index is 471. The van der Waals surface area contributed by atoms with Crippen molar-refractivity contribution in [3.8, 4) is 5.75 Å². The fourth-order valence-electron chi connectivity index (χ4n) is 1.32. The summed E-state index contributed by atoms with van der Waals surface area (Å²) in [5.74, 6) is 0.849. The molecule has 3 heteroatoms. The summed E-state index contributed by atoms with van der Waals surface area (Å²) < 4.78 is 6.59. The van der Waals surface area contributed by atoms with Gasteiger partial charge in [-0.3, -0.25) is 0 Å². The van der Waals surface area contributed by atoms with Crippen LogP contribution in [0.2, 0.25) is 5.02 Å². The zero-order valence-corrected chi connectivity index (χ0v) is 10.8. The molecule has 82 valence electrons. The third kappa shape index (κ3) is 3.00. The molecule has 1 nitrogen and oxygen atoms in total. The molecule has 2 aromatic rings. The topological polar surface area (TPSA) is 9.23 Å². The zero-order valence-electron chi connectivity index (χ0n) is 8.49. The number of para-hydroxylation sites is 1. The first kappa shape index (κ1) is 11.5. The van der Waals surface area contributed by atoms with Gasteiger partial charge < -0.3 is 4.74 Å². The molecule has 0 aromatic heterocycles. The minimum Gasteiger partial charge on any atom is -0.489 e. The van der Waals surface area contributed by atoms with Crippen molar-refractivity contribution in [1.82, 2.24) is 0 Å². The number of halogens is 2. The lowest BCUT2D eigenvalue weighted by molar-refractivity contribution is 0.306. The van der Waals surface area contributed by atoms with Crippen molar-refractivity contribution >= 4 is 27.5 Å². The summed E-state index contributed by atoms with van der Waals surface area (Å²) in [5.41, 5.74) is 0.980. The Hall–Kier alpha value is -0.990. The Morgan fingerprint density at radius 2 is 1.81 bits per heavy atom. The van der Waals surface area contributed by atoms with E-state index in [0.29, 0.717) is 11.6 Å². The van der Waals surface area contributed by atoms with E-state index in [4.69, 9.17) is 16.3 Å².